The van der Waals surface area contributed by atoms with Gasteiger partial charge in [0.1, 0.15) is 0 Å². The number of para-hydroxylation sites is 1. The van der Waals surface area contributed by atoms with Gasteiger partial charge < -0.3 is 9.47 Å². The minimum atomic E-state index is 0.0305. The van der Waals surface area contributed by atoms with Gasteiger partial charge in [-0.05, 0) is 114 Å². The second-order valence-electron chi connectivity index (χ2n) is 17.8. The van der Waals surface area contributed by atoms with Crippen LogP contribution in [0.2, 0.25) is 0 Å². The summed E-state index contributed by atoms with van der Waals surface area (Å²) in [4.78, 5) is 2.45. The lowest BCUT2D eigenvalue weighted by Gasteiger charge is -2.31. The van der Waals surface area contributed by atoms with Crippen LogP contribution < -0.4 is 4.90 Å². The van der Waals surface area contributed by atoms with E-state index in [2.05, 4.69) is 220 Å². The summed E-state index contributed by atoms with van der Waals surface area (Å²) in [6, 6.07) is 59.0. The highest BCUT2D eigenvalue weighted by Crippen LogP contribution is 2.54. The Balaban J connectivity index is 1.14. The minimum Gasteiger partial charge on any atom is -0.310 e. The number of hydrogen-bond donors (Lipinski definition) is 0. The summed E-state index contributed by atoms with van der Waals surface area (Å²) in [6.07, 6.45) is 7.40. The van der Waals surface area contributed by atoms with Gasteiger partial charge in [-0.3, -0.25) is 0 Å². The molecule has 0 N–H and O–H groups in total. The van der Waals surface area contributed by atoms with Gasteiger partial charge >= 0.3 is 0 Å². The van der Waals surface area contributed by atoms with Crippen molar-refractivity contribution >= 4 is 76.9 Å². The molecule has 1 aromatic heterocycles. The molecule has 2 atom stereocenters. The van der Waals surface area contributed by atoms with Crippen molar-refractivity contribution in [2.24, 2.45) is 5.92 Å². The van der Waals surface area contributed by atoms with Crippen molar-refractivity contribution in [2.45, 2.75) is 51.4 Å². The predicted molar refractivity (Wildman–Crippen MR) is 244 cm³/mol. The fraction of sp³-hybridized carbons (Fsp3) is 0.164. The van der Waals surface area contributed by atoms with E-state index >= 15 is 0 Å². The van der Waals surface area contributed by atoms with Crippen molar-refractivity contribution in [3.63, 3.8) is 0 Å². The van der Waals surface area contributed by atoms with E-state index < -0.39 is 0 Å². The van der Waals surface area contributed by atoms with Crippen molar-refractivity contribution in [3.05, 3.63) is 193 Å². The monoisotopic (exact) mass is 734 g/mol. The summed E-state index contributed by atoms with van der Waals surface area (Å²) in [5.41, 5.74) is 11.4. The SMILES string of the molecule is CC(C)(C)c1ccc(N(c2ccc3c4ccccc4c4ccccc4c3c2)c2ccc3c4ccccc4n(C4=CC5C(C=C4)c4ccccc4C5(C)C)c3c2)cc1. The van der Waals surface area contributed by atoms with Crippen LogP contribution in [0.25, 0.3) is 59.8 Å². The first-order valence-electron chi connectivity index (χ1n) is 20.4. The molecule has 2 aliphatic carbocycles. The average molecular weight is 735 g/mol. The number of hydrogen-bond acceptors (Lipinski definition) is 1. The number of anilines is 3. The molecule has 2 unspecified atom stereocenters. The second-order valence-corrected chi connectivity index (χ2v) is 17.8. The molecule has 0 aliphatic heterocycles. The first-order chi connectivity index (χ1) is 27.7. The molecule has 0 saturated carbocycles. The number of allylic oxidation sites excluding steroid dienone is 4. The molecule has 0 spiro atoms. The van der Waals surface area contributed by atoms with Crippen LogP contribution in [0.5, 0.6) is 0 Å². The van der Waals surface area contributed by atoms with Gasteiger partial charge in [0.2, 0.25) is 0 Å². The molecule has 0 radical (unpaired) electrons. The Hall–Kier alpha value is -6.38. The lowest BCUT2D eigenvalue weighted by atomic mass is 9.74. The summed E-state index contributed by atoms with van der Waals surface area (Å²) in [7, 11) is 0. The van der Waals surface area contributed by atoms with Crippen LogP contribution in [0.3, 0.4) is 0 Å². The van der Waals surface area contributed by atoms with Crippen LogP contribution >= 0.6 is 0 Å². The Bertz CT molecular complexity index is 3110. The zero-order chi connectivity index (χ0) is 38.6. The van der Waals surface area contributed by atoms with Crippen molar-refractivity contribution in [3.8, 4) is 0 Å². The average Bonchev–Trinajstić information content (AvgIpc) is 3.68. The van der Waals surface area contributed by atoms with E-state index in [1.54, 1.807) is 0 Å². The largest absolute Gasteiger partial charge is 0.310 e. The standard InChI is InChI=1S/C55H46N2/c1-54(2,3)35-22-24-36(25-23-35)56(37-26-29-44-42-16-7-6-14-40(42)41-15-8-9-17-43(41)49(44)32-37)39-28-31-48-47-19-11-13-21-52(47)57(53(48)34-39)38-27-30-46-45-18-10-12-20-50(45)55(4,5)51(46)33-38/h6-34,46,51H,1-5H3. The lowest BCUT2D eigenvalue weighted by Crippen LogP contribution is -2.25. The Morgan fingerprint density at radius 3 is 1.72 bits per heavy atom. The van der Waals surface area contributed by atoms with Gasteiger partial charge in [0.05, 0.1) is 11.0 Å². The van der Waals surface area contributed by atoms with Crippen molar-refractivity contribution in [1.29, 1.82) is 0 Å². The predicted octanol–water partition coefficient (Wildman–Crippen LogP) is 15.1. The maximum Gasteiger partial charge on any atom is 0.0561 e. The third-order valence-corrected chi connectivity index (χ3v) is 13.2. The zero-order valence-corrected chi connectivity index (χ0v) is 33.3. The Morgan fingerprint density at radius 2 is 1.04 bits per heavy atom. The van der Waals surface area contributed by atoms with Crippen LogP contribution in [0.1, 0.15) is 57.2 Å². The molecule has 2 aliphatic rings. The maximum absolute atomic E-state index is 2.56. The number of fused-ring (bicyclic) bond motifs is 12. The second kappa shape index (κ2) is 12.3. The molecule has 2 nitrogen and oxygen atoms in total. The summed E-state index contributed by atoms with van der Waals surface area (Å²) >= 11 is 0. The smallest absolute Gasteiger partial charge is 0.0561 e. The normalized spacial score (nSPS) is 17.4. The van der Waals surface area contributed by atoms with E-state index in [1.165, 1.54) is 76.5 Å². The van der Waals surface area contributed by atoms with Gasteiger partial charge in [-0.1, -0.05) is 162 Å². The van der Waals surface area contributed by atoms with Gasteiger partial charge in [-0.15, -0.1) is 0 Å². The number of benzene rings is 8. The molecular formula is C55H46N2. The minimum absolute atomic E-state index is 0.0305. The molecule has 0 fully saturated rings. The molecule has 1 heterocycles. The Labute approximate surface area is 335 Å². The molecule has 0 bridgehead atoms. The van der Waals surface area contributed by atoms with Crippen LogP contribution in [0.4, 0.5) is 17.1 Å². The molecule has 0 amide bonds. The number of rotatable bonds is 4. The molecule has 11 rings (SSSR count). The van der Waals surface area contributed by atoms with Crippen molar-refractivity contribution < 1.29 is 0 Å². The van der Waals surface area contributed by atoms with Gasteiger partial charge in [0.15, 0.2) is 0 Å². The zero-order valence-electron chi connectivity index (χ0n) is 33.3. The molecule has 8 aromatic carbocycles. The van der Waals surface area contributed by atoms with Crippen LogP contribution in [0, 0.1) is 5.92 Å². The van der Waals surface area contributed by atoms with E-state index in [-0.39, 0.29) is 10.8 Å². The molecule has 9 aromatic rings. The summed E-state index contributed by atoms with van der Waals surface area (Å²) in [5, 5.41) is 10.2. The Kier molecular flexibility index (Phi) is 7.32. The molecule has 57 heavy (non-hydrogen) atoms. The third-order valence-electron chi connectivity index (χ3n) is 13.2. The summed E-state index contributed by atoms with van der Waals surface area (Å²) in [5.74, 6) is 0.756. The van der Waals surface area contributed by atoms with E-state index in [1.807, 2.05) is 0 Å². The highest BCUT2D eigenvalue weighted by molar-refractivity contribution is 6.26. The quantitative estimate of drug-likeness (QED) is 0.163. The van der Waals surface area contributed by atoms with E-state index in [0.29, 0.717) is 11.8 Å². The van der Waals surface area contributed by atoms with Crippen molar-refractivity contribution in [1.82, 2.24) is 4.57 Å². The first kappa shape index (κ1) is 33.9. The molecule has 0 saturated heterocycles. The number of aromatic nitrogens is 1. The lowest BCUT2D eigenvalue weighted by molar-refractivity contribution is 0.394. The third kappa shape index (κ3) is 5.09. The van der Waals surface area contributed by atoms with Gasteiger partial charge in [-0.2, -0.15) is 0 Å². The molecular weight excluding hydrogens is 689 g/mol. The van der Waals surface area contributed by atoms with Crippen molar-refractivity contribution in [2.75, 3.05) is 4.90 Å². The highest BCUT2D eigenvalue weighted by Gasteiger charge is 2.45. The Morgan fingerprint density at radius 1 is 0.509 bits per heavy atom. The van der Waals surface area contributed by atoms with E-state index in [9.17, 15) is 0 Å². The van der Waals surface area contributed by atoms with Crippen LogP contribution in [-0.4, -0.2) is 4.57 Å². The molecule has 2 heteroatoms. The van der Waals surface area contributed by atoms with Gasteiger partial charge in [0, 0.05) is 39.4 Å². The summed E-state index contributed by atoms with van der Waals surface area (Å²) in [6.45, 7) is 11.7. The highest BCUT2D eigenvalue weighted by atomic mass is 15.1. The first-order valence-corrected chi connectivity index (χ1v) is 20.4. The topological polar surface area (TPSA) is 8.17 Å². The number of nitrogens with zero attached hydrogens (tertiary/aromatic N) is 2. The molecule has 276 valence electrons. The van der Waals surface area contributed by atoms with E-state index in [0.717, 1.165) is 17.1 Å². The van der Waals surface area contributed by atoms with Gasteiger partial charge in [-0.25, -0.2) is 0 Å². The van der Waals surface area contributed by atoms with E-state index in [4.69, 9.17) is 0 Å². The summed E-state index contributed by atoms with van der Waals surface area (Å²) < 4.78 is 2.51. The maximum atomic E-state index is 2.56. The fourth-order valence-electron chi connectivity index (χ4n) is 10.3. The van der Waals surface area contributed by atoms with Gasteiger partial charge in [0.25, 0.3) is 0 Å². The van der Waals surface area contributed by atoms with Crippen LogP contribution in [0.15, 0.2) is 176 Å². The van der Waals surface area contributed by atoms with Crippen LogP contribution in [-0.2, 0) is 10.8 Å². The fourth-order valence-corrected chi connectivity index (χ4v) is 10.3.